The zero-order valence-electron chi connectivity index (χ0n) is 14.4. The Bertz CT molecular complexity index is 830. The molecule has 10 heteroatoms. The van der Waals surface area contributed by atoms with Crippen LogP contribution in [0.3, 0.4) is 0 Å². The van der Waals surface area contributed by atoms with E-state index in [4.69, 9.17) is 0 Å². The molecular formula is C18H14F6N2O2. The maximum Gasteiger partial charge on any atom is 0.416 e. The molecule has 0 atom stereocenters. The first-order chi connectivity index (χ1) is 12.9. The van der Waals surface area contributed by atoms with E-state index >= 15 is 0 Å². The van der Waals surface area contributed by atoms with Gasteiger partial charge in [-0.25, -0.2) is 0 Å². The van der Waals surface area contributed by atoms with Crippen LogP contribution < -0.4 is 10.2 Å². The largest absolute Gasteiger partial charge is 0.416 e. The summed E-state index contributed by atoms with van der Waals surface area (Å²) >= 11 is 0. The van der Waals surface area contributed by atoms with E-state index in [0.29, 0.717) is 17.8 Å². The first-order valence-electron chi connectivity index (χ1n) is 7.91. The normalized spacial score (nSPS) is 11.8. The summed E-state index contributed by atoms with van der Waals surface area (Å²) in [7, 11) is 0. The number of rotatable bonds is 3. The second-order valence-electron chi connectivity index (χ2n) is 5.63. The highest BCUT2D eigenvalue weighted by molar-refractivity contribution is 6.44. The van der Waals surface area contributed by atoms with Crippen molar-refractivity contribution in [2.75, 3.05) is 16.8 Å². The SMILES string of the molecule is CCN(C(=O)C(=O)Nc1cc(C(F)(F)F)cc(C(F)(F)F)c1)c1ccccc1. The molecule has 0 unspecified atom stereocenters. The number of benzene rings is 2. The van der Waals surface area contributed by atoms with Crippen molar-refractivity contribution in [1.29, 1.82) is 0 Å². The van der Waals surface area contributed by atoms with Crippen molar-refractivity contribution in [3.63, 3.8) is 0 Å². The van der Waals surface area contributed by atoms with Gasteiger partial charge < -0.3 is 10.2 Å². The Kier molecular flexibility index (Phi) is 6.01. The average molecular weight is 404 g/mol. The molecule has 2 aromatic rings. The predicted molar refractivity (Wildman–Crippen MR) is 89.5 cm³/mol. The van der Waals surface area contributed by atoms with Crippen LogP contribution in [0.5, 0.6) is 0 Å². The molecule has 28 heavy (non-hydrogen) atoms. The molecular weight excluding hydrogens is 390 g/mol. The Balaban J connectivity index is 2.33. The minimum atomic E-state index is -5.07. The van der Waals surface area contributed by atoms with E-state index in [0.717, 1.165) is 4.90 Å². The van der Waals surface area contributed by atoms with E-state index in [9.17, 15) is 35.9 Å². The van der Waals surface area contributed by atoms with Crippen LogP contribution in [-0.2, 0) is 21.9 Å². The molecule has 2 amide bonds. The van der Waals surface area contributed by atoms with Crippen LogP contribution in [0.15, 0.2) is 48.5 Å². The molecule has 150 valence electrons. The molecule has 0 saturated heterocycles. The molecule has 0 spiro atoms. The lowest BCUT2D eigenvalue weighted by molar-refractivity contribution is -0.143. The van der Waals surface area contributed by atoms with Gasteiger partial charge >= 0.3 is 24.2 Å². The molecule has 0 bridgehead atoms. The van der Waals surface area contributed by atoms with Gasteiger partial charge in [0.2, 0.25) is 0 Å². The molecule has 0 heterocycles. The highest BCUT2D eigenvalue weighted by Crippen LogP contribution is 2.37. The Morgan fingerprint density at radius 1 is 0.893 bits per heavy atom. The molecule has 2 rings (SSSR count). The first kappa shape index (κ1) is 21.3. The maximum atomic E-state index is 12.9. The number of alkyl halides is 6. The molecule has 0 aromatic heterocycles. The van der Waals surface area contributed by atoms with Gasteiger partial charge in [-0.1, -0.05) is 18.2 Å². The third kappa shape index (κ3) is 5.02. The summed E-state index contributed by atoms with van der Waals surface area (Å²) in [5, 5.41) is 1.82. The van der Waals surface area contributed by atoms with Gasteiger partial charge in [0.05, 0.1) is 11.1 Å². The molecule has 0 aliphatic carbocycles. The second kappa shape index (κ2) is 7.91. The summed E-state index contributed by atoms with van der Waals surface area (Å²) in [5.41, 5.74) is -3.63. The number of hydrogen-bond acceptors (Lipinski definition) is 2. The standard InChI is InChI=1S/C18H14F6N2O2/c1-2-26(14-6-4-3-5-7-14)16(28)15(27)25-13-9-11(17(19,20)21)8-12(10-13)18(22,23)24/h3-10H,2H2,1H3,(H,25,27). The maximum absolute atomic E-state index is 12.9. The molecule has 0 radical (unpaired) electrons. The number of carbonyl (C=O) groups is 2. The lowest BCUT2D eigenvalue weighted by Gasteiger charge is -2.20. The fourth-order valence-electron chi connectivity index (χ4n) is 2.39. The fourth-order valence-corrected chi connectivity index (χ4v) is 2.39. The molecule has 0 aliphatic heterocycles. The van der Waals surface area contributed by atoms with Gasteiger partial charge in [0.15, 0.2) is 0 Å². The van der Waals surface area contributed by atoms with Crippen LogP contribution in [0.25, 0.3) is 0 Å². The van der Waals surface area contributed by atoms with Gasteiger partial charge in [0, 0.05) is 17.9 Å². The molecule has 2 aromatic carbocycles. The van der Waals surface area contributed by atoms with Gasteiger partial charge in [-0.05, 0) is 37.3 Å². The van der Waals surface area contributed by atoms with Crippen LogP contribution in [0, 0.1) is 0 Å². The molecule has 0 aliphatic rings. The lowest BCUT2D eigenvalue weighted by Crippen LogP contribution is -2.39. The Morgan fingerprint density at radius 2 is 1.39 bits per heavy atom. The second-order valence-corrected chi connectivity index (χ2v) is 5.63. The van der Waals surface area contributed by atoms with Gasteiger partial charge in [0.1, 0.15) is 0 Å². The van der Waals surface area contributed by atoms with E-state index < -0.39 is 41.0 Å². The Morgan fingerprint density at radius 3 is 1.82 bits per heavy atom. The number of nitrogens with one attached hydrogen (secondary N) is 1. The monoisotopic (exact) mass is 404 g/mol. The van der Waals surface area contributed by atoms with Crippen LogP contribution in [0.4, 0.5) is 37.7 Å². The predicted octanol–water partition coefficient (Wildman–Crippen LogP) is 4.72. The van der Waals surface area contributed by atoms with Crippen LogP contribution in [0.2, 0.25) is 0 Å². The van der Waals surface area contributed by atoms with Gasteiger partial charge in [-0.15, -0.1) is 0 Å². The summed E-state index contributed by atoms with van der Waals surface area (Å²) in [6, 6.07) is 8.53. The number of para-hydroxylation sites is 1. The number of anilines is 2. The molecule has 1 N–H and O–H groups in total. The van der Waals surface area contributed by atoms with Crippen molar-refractivity contribution >= 4 is 23.2 Å². The van der Waals surface area contributed by atoms with Crippen molar-refractivity contribution in [3.8, 4) is 0 Å². The average Bonchev–Trinajstić information content (AvgIpc) is 2.61. The van der Waals surface area contributed by atoms with Crippen molar-refractivity contribution in [2.45, 2.75) is 19.3 Å². The topological polar surface area (TPSA) is 49.4 Å². The first-order valence-corrected chi connectivity index (χ1v) is 7.91. The van der Waals surface area contributed by atoms with Crippen LogP contribution >= 0.6 is 0 Å². The fraction of sp³-hybridized carbons (Fsp3) is 0.222. The zero-order valence-corrected chi connectivity index (χ0v) is 14.4. The Hall–Kier alpha value is -3.04. The number of hydrogen-bond donors (Lipinski definition) is 1. The zero-order chi connectivity index (χ0) is 21.1. The summed E-state index contributed by atoms with van der Waals surface area (Å²) in [6.07, 6.45) is -10.1. The molecule has 0 saturated carbocycles. The van der Waals surface area contributed by atoms with Gasteiger partial charge in [-0.3, -0.25) is 9.59 Å². The molecule has 0 fully saturated rings. The number of carbonyl (C=O) groups excluding carboxylic acids is 2. The lowest BCUT2D eigenvalue weighted by atomic mass is 10.1. The quantitative estimate of drug-likeness (QED) is 0.595. The van der Waals surface area contributed by atoms with Crippen LogP contribution in [-0.4, -0.2) is 18.4 Å². The highest BCUT2D eigenvalue weighted by atomic mass is 19.4. The number of likely N-dealkylation sites (N-methyl/N-ethyl adjacent to an activating group) is 1. The third-order valence-corrected chi connectivity index (χ3v) is 3.67. The minimum absolute atomic E-state index is 0.0622. The Labute approximate surface area is 155 Å². The van der Waals surface area contributed by atoms with Crippen molar-refractivity contribution in [2.24, 2.45) is 0 Å². The van der Waals surface area contributed by atoms with E-state index in [1.807, 2.05) is 5.32 Å². The van der Waals surface area contributed by atoms with Gasteiger partial charge in [-0.2, -0.15) is 26.3 Å². The number of halogens is 6. The summed E-state index contributed by atoms with van der Waals surface area (Å²) < 4.78 is 77.3. The van der Waals surface area contributed by atoms with Crippen molar-refractivity contribution in [1.82, 2.24) is 0 Å². The minimum Gasteiger partial charge on any atom is -0.318 e. The number of amides is 2. The summed E-state index contributed by atoms with van der Waals surface area (Å²) in [4.78, 5) is 25.5. The van der Waals surface area contributed by atoms with Crippen LogP contribution in [0.1, 0.15) is 18.1 Å². The molecule has 4 nitrogen and oxygen atoms in total. The smallest absolute Gasteiger partial charge is 0.318 e. The van der Waals surface area contributed by atoms with E-state index in [2.05, 4.69) is 0 Å². The highest BCUT2D eigenvalue weighted by Gasteiger charge is 2.37. The summed E-state index contributed by atoms with van der Waals surface area (Å²) in [5.74, 6) is -2.49. The van der Waals surface area contributed by atoms with E-state index in [1.54, 1.807) is 25.1 Å². The third-order valence-electron chi connectivity index (χ3n) is 3.67. The van der Waals surface area contributed by atoms with Crippen molar-refractivity contribution < 1.29 is 35.9 Å². The van der Waals surface area contributed by atoms with E-state index in [-0.39, 0.29) is 12.6 Å². The summed E-state index contributed by atoms with van der Waals surface area (Å²) in [6.45, 7) is 1.62. The van der Waals surface area contributed by atoms with Gasteiger partial charge in [0.25, 0.3) is 0 Å². The number of nitrogens with zero attached hydrogens (tertiary/aromatic N) is 1. The van der Waals surface area contributed by atoms with E-state index in [1.165, 1.54) is 12.1 Å². The van der Waals surface area contributed by atoms with Crippen molar-refractivity contribution in [3.05, 3.63) is 59.7 Å².